The summed E-state index contributed by atoms with van der Waals surface area (Å²) in [4.78, 5) is 0.228. The second-order valence-corrected chi connectivity index (χ2v) is 7.32. The Labute approximate surface area is 119 Å². The molecule has 1 rings (SSSR count). The first-order valence-corrected chi connectivity index (χ1v) is 8.36. The van der Waals surface area contributed by atoms with E-state index in [4.69, 9.17) is 11.6 Å². The molecule has 0 saturated heterocycles. The van der Waals surface area contributed by atoms with Crippen molar-refractivity contribution in [1.29, 1.82) is 0 Å². The van der Waals surface area contributed by atoms with Crippen LogP contribution in [-0.2, 0) is 16.4 Å². The monoisotopic (exact) mass is 305 g/mol. The van der Waals surface area contributed by atoms with Crippen molar-refractivity contribution >= 4 is 21.4 Å². The van der Waals surface area contributed by atoms with Gasteiger partial charge < -0.3 is 10.4 Å². The molecule has 0 spiro atoms. The third-order valence-corrected chi connectivity index (χ3v) is 4.44. The summed E-state index contributed by atoms with van der Waals surface area (Å²) in [6, 6.07) is 4.81. The molecule has 0 aliphatic carbocycles. The van der Waals surface area contributed by atoms with Crippen molar-refractivity contribution in [2.75, 3.05) is 12.8 Å². The molecular weight excluding hydrogens is 286 g/mol. The van der Waals surface area contributed by atoms with Crippen molar-refractivity contribution < 1.29 is 13.5 Å². The molecular formula is C13H20ClNO3S. The number of benzene rings is 1. The van der Waals surface area contributed by atoms with Crippen LogP contribution in [0.1, 0.15) is 19.4 Å². The van der Waals surface area contributed by atoms with Crippen molar-refractivity contribution in [1.82, 2.24) is 5.32 Å². The molecule has 1 atom stereocenters. The van der Waals surface area contributed by atoms with Gasteiger partial charge in [-0.2, -0.15) is 0 Å². The van der Waals surface area contributed by atoms with Crippen molar-refractivity contribution in [2.24, 2.45) is 5.92 Å². The zero-order valence-electron chi connectivity index (χ0n) is 11.4. The third kappa shape index (κ3) is 4.76. The molecule has 1 aromatic carbocycles. The number of hydrogen-bond donors (Lipinski definition) is 2. The predicted octanol–water partition coefficient (Wildman–Crippen LogP) is 1.85. The SMILES string of the molecule is CC(C)C(O)CNCc1c(Cl)cccc1S(C)(=O)=O. The lowest BCUT2D eigenvalue weighted by atomic mass is 10.1. The van der Waals surface area contributed by atoms with Crippen LogP contribution in [0.3, 0.4) is 0 Å². The highest BCUT2D eigenvalue weighted by molar-refractivity contribution is 7.90. The van der Waals surface area contributed by atoms with E-state index in [0.717, 1.165) is 6.26 Å². The molecule has 0 heterocycles. The lowest BCUT2D eigenvalue weighted by Crippen LogP contribution is -2.30. The fraction of sp³-hybridized carbons (Fsp3) is 0.538. The second-order valence-electron chi connectivity index (χ2n) is 4.93. The highest BCUT2D eigenvalue weighted by Crippen LogP contribution is 2.23. The molecule has 6 heteroatoms. The van der Waals surface area contributed by atoms with E-state index in [-0.39, 0.29) is 10.8 Å². The van der Waals surface area contributed by atoms with E-state index in [1.54, 1.807) is 12.1 Å². The summed E-state index contributed by atoms with van der Waals surface area (Å²) >= 11 is 6.05. The molecule has 0 aromatic heterocycles. The van der Waals surface area contributed by atoms with Crippen LogP contribution in [0, 0.1) is 5.92 Å². The first-order chi connectivity index (χ1) is 8.73. The topological polar surface area (TPSA) is 66.4 Å². The number of nitrogens with one attached hydrogen (secondary N) is 1. The van der Waals surface area contributed by atoms with Gasteiger partial charge in [-0.1, -0.05) is 31.5 Å². The Morgan fingerprint density at radius 2 is 2.00 bits per heavy atom. The van der Waals surface area contributed by atoms with Gasteiger partial charge in [-0.05, 0) is 18.1 Å². The number of sulfone groups is 1. The van der Waals surface area contributed by atoms with Crippen molar-refractivity contribution in [2.45, 2.75) is 31.4 Å². The Balaban J connectivity index is 2.84. The molecule has 2 N–H and O–H groups in total. The Morgan fingerprint density at radius 1 is 1.37 bits per heavy atom. The number of aliphatic hydroxyl groups excluding tert-OH is 1. The van der Waals surface area contributed by atoms with E-state index >= 15 is 0 Å². The van der Waals surface area contributed by atoms with Gasteiger partial charge in [0.05, 0.1) is 11.0 Å². The maximum absolute atomic E-state index is 11.7. The van der Waals surface area contributed by atoms with E-state index in [1.807, 2.05) is 13.8 Å². The molecule has 108 valence electrons. The smallest absolute Gasteiger partial charge is 0.175 e. The average molecular weight is 306 g/mol. The summed E-state index contributed by atoms with van der Waals surface area (Å²) in [5.74, 6) is 0.146. The molecule has 0 bridgehead atoms. The Kier molecular flexibility index (Phi) is 5.80. The summed E-state index contributed by atoms with van der Waals surface area (Å²) in [5.41, 5.74) is 0.544. The van der Waals surface area contributed by atoms with Gasteiger partial charge in [-0.25, -0.2) is 8.42 Å². The van der Waals surface area contributed by atoms with E-state index in [0.29, 0.717) is 23.7 Å². The van der Waals surface area contributed by atoms with Crippen LogP contribution in [0.25, 0.3) is 0 Å². The van der Waals surface area contributed by atoms with Crippen LogP contribution in [0.4, 0.5) is 0 Å². The van der Waals surface area contributed by atoms with Gasteiger partial charge in [0.15, 0.2) is 9.84 Å². The first kappa shape index (κ1) is 16.4. The maximum atomic E-state index is 11.7. The molecule has 0 amide bonds. The van der Waals surface area contributed by atoms with Gasteiger partial charge in [0.1, 0.15) is 0 Å². The van der Waals surface area contributed by atoms with Crippen LogP contribution in [-0.4, -0.2) is 32.4 Å². The van der Waals surface area contributed by atoms with E-state index < -0.39 is 15.9 Å². The van der Waals surface area contributed by atoms with Crippen LogP contribution in [0.2, 0.25) is 5.02 Å². The summed E-state index contributed by atoms with van der Waals surface area (Å²) in [5, 5.41) is 13.1. The van der Waals surface area contributed by atoms with Crippen LogP contribution in [0.5, 0.6) is 0 Å². The Hall–Kier alpha value is -0.620. The molecule has 0 aliphatic heterocycles. The molecule has 1 aromatic rings. The number of aliphatic hydroxyl groups is 1. The number of hydrogen-bond acceptors (Lipinski definition) is 4. The minimum Gasteiger partial charge on any atom is -0.392 e. The van der Waals surface area contributed by atoms with E-state index in [9.17, 15) is 13.5 Å². The van der Waals surface area contributed by atoms with Crippen molar-refractivity contribution in [3.8, 4) is 0 Å². The molecule has 0 saturated carbocycles. The van der Waals surface area contributed by atoms with Crippen molar-refractivity contribution in [3.63, 3.8) is 0 Å². The van der Waals surface area contributed by atoms with Gasteiger partial charge in [0, 0.05) is 29.9 Å². The van der Waals surface area contributed by atoms with Gasteiger partial charge in [-0.3, -0.25) is 0 Å². The minimum absolute atomic E-state index is 0.146. The van der Waals surface area contributed by atoms with Crippen molar-refractivity contribution in [3.05, 3.63) is 28.8 Å². The average Bonchev–Trinajstić information content (AvgIpc) is 2.29. The highest BCUT2D eigenvalue weighted by atomic mass is 35.5. The molecule has 19 heavy (non-hydrogen) atoms. The lowest BCUT2D eigenvalue weighted by molar-refractivity contribution is 0.123. The first-order valence-electron chi connectivity index (χ1n) is 6.09. The molecule has 0 fully saturated rings. The zero-order valence-corrected chi connectivity index (χ0v) is 12.9. The molecule has 1 unspecified atom stereocenters. The normalized spacial score (nSPS) is 13.8. The molecule has 0 aliphatic rings. The quantitative estimate of drug-likeness (QED) is 0.842. The maximum Gasteiger partial charge on any atom is 0.175 e. The minimum atomic E-state index is -3.31. The predicted molar refractivity (Wildman–Crippen MR) is 77.1 cm³/mol. The Bertz CT molecular complexity index is 529. The summed E-state index contributed by atoms with van der Waals surface area (Å²) in [7, 11) is -3.31. The summed E-state index contributed by atoms with van der Waals surface area (Å²) in [6.45, 7) is 4.55. The largest absolute Gasteiger partial charge is 0.392 e. The van der Waals surface area contributed by atoms with Gasteiger partial charge >= 0.3 is 0 Å². The Morgan fingerprint density at radius 3 is 2.53 bits per heavy atom. The highest BCUT2D eigenvalue weighted by Gasteiger charge is 2.16. The second kappa shape index (κ2) is 6.70. The van der Waals surface area contributed by atoms with E-state index in [2.05, 4.69) is 5.32 Å². The lowest BCUT2D eigenvalue weighted by Gasteiger charge is -2.16. The van der Waals surface area contributed by atoms with Gasteiger partial charge in [0.25, 0.3) is 0 Å². The fourth-order valence-corrected chi connectivity index (χ4v) is 2.89. The summed E-state index contributed by atoms with van der Waals surface area (Å²) in [6.07, 6.45) is 0.690. The fourth-order valence-electron chi connectivity index (χ4n) is 1.64. The number of halogens is 1. The number of rotatable bonds is 6. The van der Waals surface area contributed by atoms with E-state index in [1.165, 1.54) is 6.07 Å². The van der Waals surface area contributed by atoms with Crippen LogP contribution >= 0.6 is 11.6 Å². The van der Waals surface area contributed by atoms with Gasteiger partial charge in [0.2, 0.25) is 0 Å². The zero-order chi connectivity index (χ0) is 14.6. The van der Waals surface area contributed by atoms with Crippen LogP contribution in [0.15, 0.2) is 23.1 Å². The standard InChI is InChI=1S/C13H20ClNO3S/c1-9(2)12(16)8-15-7-10-11(14)5-4-6-13(10)19(3,17)18/h4-6,9,12,15-16H,7-8H2,1-3H3. The summed E-state index contributed by atoms with van der Waals surface area (Å²) < 4.78 is 23.4. The van der Waals surface area contributed by atoms with Crippen LogP contribution < -0.4 is 5.32 Å². The van der Waals surface area contributed by atoms with Gasteiger partial charge in [-0.15, -0.1) is 0 Å². The molecule has 4 nitrogen and oxygen atoms in total. The third-order valence-electron chi connectivity index (χ3n) is 2.90. The molecule has 0 radical (unpaired) electrons.